The second-order valence-electron chi connectivity index (χ2n) is 3.07. The van der Waals surface area contributed by atoms with E-state index in [2.05, 4.69) is 0 Å². The van der Waals surface area contributed by atoms with Crippen molar-refractivity contribution in [1.82, 2.24) is 0 Å². The molecule has 0 fully saturated rings. The fraction of sp³-hybridized carbons (Fsp3) is 1.00. The van der Waals surface area contributed by atoms with Gasteiger partial charge in [-0.15, -0.1) is 0 Å². The third kappa shape index (κ3) is 10.2. The molecule has 0 amide bonds. The van der Waals surface area contributed by atoms with Gasteiger partial charge in [-0.3, -0.25) is 0 Å². The van der Waals surface area contributed by atoms with Crippen molar-refractivity contribution in [1.29, 1.82) is 0 Å². The molecule has 5 heteroatoms. The first kappa shape index (κ1) is 12.2. The summed E-state index contributed by atoms with van der Waals surface area (Å²) in [5.41, 5.74) is 0. The first-order valence-corrected chi connectivity index (χ1v) is 6.40. The molecule has 0 rings (SSSR count). The number of hydrogen-bond donors (Lipinski definition) is 0. The normalized spacial score (nSPS) is 12.3. The van der Waals surface area contributed by atoms with Crippen LogP contribution in [0.4, 0.5) is 0 Å². The molecule has 0 aromatic heterocycles. The van der Waals surface area contributed by atoms with Crippen LogP contribution < -0.4 is 0 Å². The fourth-order valence-electron chi connectivity index (χ4n) is 0.652. The minimum absolute atomic E-state index is 0.00729. The summed E-state index contributed by atoms with van der Waals surface area (Å²) in [6.45, 7) is 5.21. The molecule has 0 saturated carbocycles. The van der Waals surface area contributed by atoms with Gasteiger partial charge < -0.3 is 4.74 Å². The largest absolute Gasteiger partial charge is 0.381 e. The highest BCUT2D eigenvalue weighted by Crippen LogP contribution is 2.00. The van der Waals surface area contributed by atoms with E-state index in [1.807, 2.05) is 13.8 Å². The molecule has 0 bridgehead atoms. The summed E-state index contributed by atoms with van der Waals surface area (Å²) < 4.78 is 26.0. The fourth-order valence-corrected chi connectivity index (χ4v) is 1.44. The average molecular weight is 215 g/mol. The van der Waals surface area contributed by atoms with Crippen molar-refractivity contribution in [2.45, 2.75) is 20.3 Å². The van der Waals surface area contributed by atoms with Crippen molar-refractivity contribution in [3.8, 4) is 0 Å². The maximum absolute atomic E-state index is 10.4. The van der Waals surface area contributed by atoms with Crippen LogP contribution in [0.3, 0.4) is 0 Å². The Bertz CT molecular complexity index is 199. The monoisotopic (exact) mass is 214 g/mol. The molecule has 0 atom stereocenters. The minimum atomic E-state index is -3.33. The summed E-state index contributed by atoms with van der Waals surface area (Å²) >= 11 is 0. The summed E-state index contributed by atoms with van der Waals surface area (Å²) in [6, 6.07) is 0. The Hall–Kier alpha value is 0.200. The van der Waals surface area contributed by atoms with Gasteiger partial charge >= 0.3 is 0 Å². The van der Waals surface area contributed by atoms with Crippen LogP contribution in [0.2, 0.25) is 0 Å². The first-order chi connectivity index (χ1) is 5.42. The maximum atomic E-state index is 10.4. The van der Waals surface area contributed by atoms with Gasteiger partial charge in [0.2, 0.25) is 9.05 Å². The Morgan fingerprint density at radius 1 is 1.42 bits per heavy atom. The Kier molecular flexibility index (Phi) is 5.88. The molecule has 0 radical (unpaired) electrons. The predicted molar refractivity (Wildman–Crippen MR) is 49.9 cm³/mol. The van der Waals surface area contributed by atoms with Crippen LogP contribution in [0.15, 0.2) is 0 Å². The van der Waals surface area contributed by atoms with E-state index in [0.29, 0.717) is 25.6 Å². The van der Waals surface area contributed by atoms with Crippen LogP contribution in [-0.4, -0.2) is 27.4 Å². The molecule has 0 aliphatic carbocycles. The number of ether oxygens (including phenoxy) is 1. The zero-order valence-electron chi connectivity index (χ0n) is 7.42. The highest BCUT2D eigenvalue weighted by Gasteiger charge is 2.03. The second-order valence-corrected chi connectivity index (χ2v) is 5.96. The molecule has 0 unspecified atom stereocenters. The lowest BCUT2D eigenvalue weighted by molar-refractivity contribution is 0.111. The quantitative estimate of drug-likeness (QED) is 0.499. The minimum Gasteiger partial charge on any atom is -0.381 e. The lowest BCUT2D eigenvalue weighted by Gasteiger charge is -2.05. The third-order valence-electron chi connectivity index (χ3n) is 1.13. The van der Waals surface area contributed by atoms with Gasteiger partial charge in [0.1, 0.15) is 0 Å². The topological polar surface area (TPSA) is 43.4 Å². The summed E-state index contributed by atoms with van der Waals surface area (Å²) in [5.74, 6) is 0.477. The zero-order chi connectivity index (χ0) is 9.61. The molecule has 3 nitrogen and oxygen atoms in total. The molecular formula is C7H15ClO3S. The zero-order valence-corrected chi connectivity index (χ0v) is 8.99. The Balaban J connectivity index is 3.23. The van der Waals surface area contributed by atoms with Gasteiger partial charge in [-0.1, -0.05) is 13.8 Å². The van der Waals surface area contributed by atoms with Crippen LogP contribution in [0, 0.1) is 5.92 Å². The van der Waals surface area contributed by atoms with Crippen LogP contribution in [0.5, 0.6) is 0 Å². The van der Waals surface area contributed by atoms with Crippen LogP contribution >= 0.6 is 10.7 Å². The molecule has 0 spiro atoms. The summed E-state index contributed by atoms with van der Waals surface area (Å²) in [5, 5.41) is 0. The summed E-state index contributed by atoms with van der Waals surface area (Å²) in [7, 11) is 1.66. The smallest absolute Gasteiger partial charge is 0.232 e. The van der Waals surface area contributed by atoms with Crippen molar-refractivity contribution in [3.05, 3.63) is 0 Å². The van der Waals surface area contributed by atoms with Gasteiger partial charge in [-0.2, -0.15) is 0 Å². The van der Waals surface area contributed by atoms with Crippen molar-refractivity contribution in [3.63, 3.8) is 0 Å². The maximum Gasteiger partial charge on any atom is 0.232 e. The second kappa shape index (κ2) is 5.78. The number of rotatable bonds is 6. The van der Waals surface area contributed by atoms with Crippen LogP contribution in [0.1, 0.15) is 20.3 Å². The SMILES string of the molecule is CC(C)COCCCS(=O)(=O)Cl. The summed E-state index contributed by atoms with van der Waals surface area (Å²) in [6.07, 6.45) is 0.471. The highest BCUT2D eigenvalue weighted by molar-refractivity contribution is 8.13. The molecule has 0 aliphatic heterocycles. The van der Waals surface area contributed by atoms with Crippen molar-refractivity contribution < 1.29 is 13.2 Å². The molecule has 0 aliphatic rings. The third-order valence-corrected chi connectivity index (χ3v) is 2.37. The number of hydrogen-bond acceptors (Lipinski definition) is 3. The molecule has 0 aromatic rings. The lowest BCUT2D eigenvalue weighted by Crippen LogP contribution is -2.06. The molecule has 0 saturated heterocycles. The van der Waals surface area contributed by atoms with E-state index in [-0.39, 0.29) is 5.75 Å². The van der Waals surface area contributed by atoms with Crippen LogP contribution in [-0.2, 0) is 13.8 Å². The molecule has 0 aromatic carbocycles. The van der Waals surface area contributed by atoms with Gasteiger partial charge in [0.05, 0.1) is 5.75 Å². The average Bonchev–Trinajstić information content (AvgIpc) is 1.83. The van der Waals surface area contributed by atoms with Crippen molar-refractivity contribution >= 4 is 19.7 Å². The van der Waals surface area contributed by atoms with Gasteiger partial charge in [-0.25, -0.2) is 8.42 Å². The summed E-state index contributed by atoms with van der Waals surface area (Å²) in [4.78, 5) is 0. The lowest BCUT2D eigenvalue weighted by atomic mass is 10.2. The van der Waals surface area contributed by atoms with Crippen LogP contribution in [0.25, 0.3) is 0 Å². The van der Waals surface area contributed by atoms with E-state index in [9.17, 15) is 8.42 Å². The van der Waals surface area contributed by atoms with E-state index < -0.39 is 9.05 Å². The van der Waals surface area contributed by atoms with E-state index in [1.165, 1.54) is 0 Å². The molecule has 0 N–H and O–H groups in total. The van der Waals surface area contributed by atoms with E-state index in [4.69, 9.17) is 15.4 Å². The number of halogens is 1. The Morgan fingerprint density at radius 2 is 2.00 bits per heavy atom. The predicted octanol–water partition coefficient (Wildman–Crippen LogP) is 1.62. The van der Waals surface area contributed by atoms with Crippen molar-refractivity contribution in [2.75, 3.05) is 19.0 Å². The van der Waals surface area contributed by atoms with E-state index in [1.54, 1.807) is 0 Å². The van der Waals surface area contributed by atoms with Crippen molar-refractivity contribution in [2.24, 2.45) is 5.92 Å². The molecule has 12 heavy (non-hydrogen) atoms. The van der Waals surface area contributed by atoms with Gasteiger partial charge in [0.25, 0.3) is 0 Å². The Morgan fingerprint density at radius 3 is 2.42 bits per heavy atom. The molecule has 74 valence electrons. The highest BCUT2D eigenvalue weighted by atomic mass is 35.7. The van der Waals surface area contributed by atoms with Gasteiger partial charge in [-0.05, 0) is 12.3 Å². The Labute approximate surface area is 78.5 Å². The molecular weight excluding hydrogens is 200 g/mol. The van der Waals surface area contributed by atoms with E-state index in [0.717, 1.165) is 0 Å². The van der Waals surface area contributed by atoms with Gasteiger partial charge in [0, 0.05) is 23.9 Å². The van der Waals surface area contributed by atoms with E-state index >= 15 is 0 Å². The first-order valence-electron chi connectivity index (χ1n) is 3.92. The van der Waals surface area contributed by atoms with Gasteiger partial charge in [0.15, 0.2) is 0 Å². The molecule has 0 heterocycles. The standard InChI is InChI=1S/C7H15ClO3S/c1-7(2)6-11-4-3-5-12(8,9)10/h7H,3-6H2,1-2H3.